The topological polar surface area (TPSA) is 58.6 Å². The van der Waals surface area contributed by atoms with Gasteiger partial charge in [-0.2, -0.15) is 0 Å². The van der Waals surface area contributed by atoms with Gasteiger partial charge < -0.3 is 15.0 Å². The summed E-state index contributed by atoms with van der Waals surface area (Å²) in [5.74, 6) is 0.611. The van der Waals surface area contributed by atoms with Crippen LogP contribution in [0.2, 0.25) is 0 Å². The molecule has 5 nitrogen and oxygen atoms in total. The van der Waals surface area contributed by atoms with Gasteiger partial charge >= 0.3 is 0 Å². The van der Waals surface area contributed by atoms with E-state index >= 15 is 0 Å². The average molecular weight is 397 g/mol. The number of nitrogens with zero attached hydrogens (tertiary/aromatic N) is 1. The van der Waals surface area contributed by atoms with E-state index in [0.29, 0.717) is 26.0 Å². The van der Waals surface area contributed by atoms with E-state index in [9.17, 15) is 9.59 Å². The average Bonchev–Trinajstić information content (AvgIpc) is 2.70. The predicted octanol–water partition coefficient (Wildman–Crippen LogP) is 4.10. The standard InChI is InChI=1S/C24H32N2O3/c1-18(2)25-24(28)20(4)26(17-21-12-9-8-11-19(21)3)23(27)15-10-16-29-22-13-6-5-7-14-22/h5-9,11-14,18,20H,10,15-17H2,1-4H3,(H,25,28)/t20-/m0/s1. The molecule has 0 saturated heterocycles. The first kappa shape index (κ1) is 22.5. The number of hydrogen-bond donors (Lipinski definition) is 1. The molecule has 0 heterocycles. The van der Waals surface area contributed by atoms with Crippen molar-refractivity contribution in [3.63, 3.8) is 0 Å². The Hall–Kier alpha value is -2.82. The number of benzene rings is 2. The minimum absolute atomic E-state index is 0.0274. The lowest BCUT2D eigenvalue weighted by Gasteiger charge is -2.30. The van der Waals surface area contributed by atoms with E-state index in [1.165, 1.54) is 0 Å². The summed E-state index contributed by atoms with van der Waals surface area (Å²) in [6.07, 6.45) is 0.925. The highest BCUT2D eigenvalue weighted by atomic mass is 16.5. The van der Waals surface area contributed by atoms with Gasteiger partial charge in [0.2, 0.25) is 11.8 Å². The highest BCUT2D eigenvalue weighted by molar-refractivity contribution is 5.87. The largest absolute Gasteiger partial charge is 0.494 e. The summed E-state index contributed by atoms with van der Waals surface area (Å²) < 4.78 is 5.68. The van der Waals surface area contributed by atoms with Gasteiger partial charge in [0.1, 0.15) is 11.8 Å². The summed E-state index contributed by atoms with van der Waals surface area (Å²) in [4.78, 5) is 27.2. The van der Waals surface area contributed by atoms with Crippen LogP contribution < -0.4 is 10.1 Å². The second-order valence-corrected chi connectivity index (χ2v) is 7.55. The van der Waals surface area contributed by atoms with Crippen molar-refractivity contribution in [2.45, 2.75) is 59.2 Å². The minimum Gasteiger partial charge on any atom is -0.494 e. The summed E-state index contributed by atoms with van der Waals surface area (Å²) in [6, 6.07) is 17.0. The molecule has 0 aliphatic carbocycles. The molecule has 0 aliphatic heterocycles. The van der Waals surface area contributed by atoms with Gasteiger partial charge in [-0.05, 0) is 57.4 Å². The number of aryl methyl sites for hydroxylation is 1. The van der Waals surface area contributed by atoms with Gasteiger partial charge in [0.05, 0.1) is 6.61 Å². The van der Waals surface area contributed by atoms with Crippen LogP contribution in [0, 0.1) is 6.92 Å². The number of hydrogen-bond acceptors (Lipinski definition) is 3. The highest BCUT2D eigenvalue weighted by Crippen LogP contribution is 2.16. The van der Waals surface area contributed by atoms with Gasteiger partial charge in [0, 0.05) is 19.0 Å². The Bertz CT molecular complexity index is 790. The van der Waals surface area contributed by atoms with Crippen LogP contribution in [0.4, 0.5) is 0 Å². The molecular weight excluding hydrogens is 364 g/mol. The molecule has 2 aromatic rings. The first-order valence-electron chi connectivity index (χ1n) is 10.2. The summed E-state index contributed by atoms with van der Waals surface area (Å²) in [6.45, 7) is 8.51. The van der Waals surface area contributed by atoms with Crippen molar-refractivity contribution in [2.75, 3.05) is 6.61 Å². The van der Waals surface area contributed by atoms with E-state index in [1.54, 1.807) is 11.8 Å². The van der Waals surface area contributed by atoms with Crippen molar-refractivity contribution in [3.8, 4) is 5.75 Å². The van der Waals surface area contributed by atoms with Crippen molar-refractivity contribution in [1.29, 1.82) is 0 Å². The zero-order valence-corrected chi connectivity index (χ0v) is 17.9. The van der Waals surface area contributed by atoms with Gasteiger partial charge in [0.15, 0.2) is 0 Å². The van der Waals surface area contributed by atoms with Crippen molar-refractivity contribution in [3.05, 3.63) is 65.7 Å². The van der Waals surface area contributed by atoms with E-state index in [-0.39, 0.29) is 17.9 Å². The number of carbonyl (C=O) groups is 2. The highest BCUT2D eigenvalue weighted by Gasteiger charge is 2.26. The summed E-state index contributed by atoms with van der Waals surface area (Å²) in [5.41, 5.74) is 2.15. The molecule has 0 aromatic heterocycles. The fourth-order valence-corrected chi connectivity index (χ4v) is 3.03. The maximum Gasteiger partial charge on any atom is 0.242 e. The van der Waals surface area contributed by atoms with Crippen molar-refractivity contribution in [1.82, 2.24) is 10.2 Å². The molecule has 1 atom stereocenters. The maximum absolute atomic E-state index is 13.0. The van der Waals surface area contributed by atoms with Crippen molar-refractivity contribution < 1.29 is 14.3 Å². The van der Waals surface area contributed by atoms with Crippen molar-refractivity contribution >= 4 is 11.8 Å². The predicted molar refractivity (Wildman–Crippen MR) is 116 cm³/mol. The third kappa shape index (κ3) is 7.26. The molecule has 0 bridgehead atoms. The van der Waals surface area contributed by atoms with E-state index in [4.69, 9.17) is 4.74 Å². The van der Waals surface area contributed by atoms with Crippen LogP contribution in [0.1, 0.15) is 44.7 Å². The monoisotopic (exact) mass is 396 g/mol. The van der Waals surface area contributed by atoms with Crippen LogP contribution in [0.5, 0.6) is 5.75 Å². The number of rotatable bonds is 10. The third-order valence-corrected chi connectivity index (χ3v) is 4.75. The lowest BCUT2D eigenvalue weighted by molar-refractivity contribution is -0.141. The third-order valence-electron chi connectivity index (χ3n) is 4.75. The summed E-state index contributed by atoms with van der Waals surface area (Å²) in [5, 5.41) is 2.91. The SMILES string of the molecule is Cc1ccccc1CN(C(=O)CCCOc1ccccc1)[C@@H](C)C(=O)NC(C)C. The molecule has 156 valence electrons. The fourth-order valence-electron chi connectivity index (χ4n) is 3.03. The number of ether oxygens (including phenoxy) is 1. The Morgan fingerprint density at radius 1 is 1.00 bits per heavy atom. The van der Waals surface area contributed by atoms with Crippen LogP contribution in [-0.2, 0) is 16.1 Å². The molecule has 0 aliphatic rings. The Balaban J connectivity index is 2.01. The molecular formula is C24H32N2O3. The molecule has 29 heavy (non-hydrogen) atoms. The number of amides is 2. The molecule has 0 radical (unpaired) electrons. The van der Waals surface area contributed by atoms with Crippen LogP contribution in [-0.4, -0.2) is 35.4 Å². The maximum atomic E-state index is 13.0. The van der Waals surface area contributed by atoms with E-state index in [0.717, 1.165) is 16.9 Å². The van der Waals surface area contributed by atoms with Gasteiger partial charge in [0.25, 0.3) is 0 Å². The van der Waals surface area contributed by atoms with Crippen LogP contribution in [0.3, 0.4) is 0 Å². The Morgan fingerprint density at radius 3 is 2.31 bits per heavy atom. The van der Waals surface area contributed by atoms with Gasteiger partial charge in [-0.25, -0.2) is 0 Å². The summed E-state index contributed by atoms with van der Waals surface area (Å²) in [7, 11) is 0. The summed E-state index contributed by atoms with van der Waals surface area (Å²) >= 11 is 0. The van der Waals surface area contributed by atoms with Gasteiger partial charge in [-0.15, -0.1) is 0 Å². The molecule has 5 heteroatoms. The Labute approximate surface area is 174 Å². The normalized spacial score (nSPS) is 11.8. The van der Waals surface area contributed by atoms with Crippen LogP contribution in [0.15, 0.2) is 54.6 Å². The quantitative estimate of drug-likeness (QED) is 0.615. The fraction of sp³-hybridized carbons (Fsp3) is 0.417. The van der Waals surface area contributed by atoms with E-state index in [2.05, 4.69) is 5.32 Å². The molecule has 2 aromatic carbocycles. The molecule has 0 fully saturated rings. The molecule has 1 N–H and O–H groups in total. The number of carbonyl (C=O) groups excluding carboxylic acids is 2. The minimum atomic E-state index is -0.542. The molecule has 2 rings (SSSR count). The van der Waals surface area contributed by atoms with Crippen LogP contribution in [0.25, 0.3) is 0 Å². The van der Waals surface area contributed by atoms with E-state index in [1.807, 2.05) is 75.4 Å². The van der Waals surface area contributed by atoms with Gasteiger partial charge in [-0.1, -0.05) is 42.5 Å². The zero-order chi connectivity index (χ0) is 21.2. The first-order chi connectivity index (χ1) is 13.9. The lowest BCUT2D eigenvalue weighted by atomic mass is 10.1. The Kier molecular flexibility index (Phi) is 8.71. The molecule has 2 amide bonds. The van der Waals surface area contributed by atoms with Gasteiger partial charge in [-0.3, -0.25) is 9.59 Å². The van der Waals surface area contributed by atoms with Crippen LogP contribution >= 0.6 is 0 Å². The smallest absolute Gasteiger partial charge is 0.242 e. The molecule has 0 unspecified atom stereocenters. The second kappa shape index (κ2) is 11.2. The number of para-hydroxylation sites is 1. The second-order valence-electron chi connectivity index (χ2n) is 7.55. The lowest BCUT2D eigenvalue weighted by Crippen LogP contribution is -2.49. The Morgan fingerprint density at radius 2 is 1.66 bits per heavy atom. The first-order valence-corrected chi connectivity index (χ1v) is 10.2. The van der Waals surface area contributed by atoms with E-state index < -0.39 is 6.04 Å². The number of nitrogens with one attached hydrogen (secondary N) is 1. The van der Waals surface area contributed by atoms with Crippen molar-refractivity contribution in [2.24, 2.45) is 0 Å². The molecule has 0 saturated carbocycles. The zero-order valence-electron chi connectivity index (χ0n) is 17.9. The molecule has 0 spiro atoms.